The first-order valence-corrected chi connectivity index (χ1v) is 5.47. The Bertz CT molecular complexity index is 557. The molecule has 0 aliphatic carbocycles. The number of nitrogens with one attached hydrogen (secondary N) is 2. The molecule has 0 atom stereocenters. The molecule has 0 amide bonds. The fourth-order valence-electron chi connectivity index (χ4n) is 2.29. The minimum absolute atomic E-state index is 0. The minimum atomic E-state index is -0.0811. The van der Waals surface area contributed by atoms with Crippen molar-refractivity contribution in [2.24, 2.45) is 0 Å². The van der Waals surface area contributed by atoms with Crippen molar-refractivity contribution in [1.29, 1.82) is 0 Å². The van der Waals surface area contributed by atoms with Crippen molar-refractivity contribution in [2.45, 2.75) is 18.9 Å². The lowest BCUT2D eigenvalue weighted by Crippen LogP contribution is -2.33. The van der Waals surface area contributed by atoms with E-state index in [0.29, 0.717) is 5.65 Å². The van der Waals surface area contributed by atoms with Gasteiger partial charge in [-0.1, -0.05) is 0 Å². The molecule has 92 valence electrons. The van der Waals surface area contributed by atoms with Crippen molar-refractivity contribution in [3.8, 4) is 0 Å². The second kappa shape index (κ2) is 4.85. The molecule has 1 aliphatic heterocycles. The zero-order valence-electron chi connectivity index (χ0n) is 9.22. The van der Waals surface area contributed by atoms with E-state index in [1.54, 1.807) is 10.8 Å². The van der Waals surface area contributed by atoms with E-state index < -0.39 is 0 Å². The summed E-state index contributed by atoms with van der Waals surface area (Å²) in [6.45, 7) is 1.91. The molecule has 7 heteroatoms. The van der Waals surface area contributed by atoms with Crippen molar-refractivity contribution < 1.29 is 0 Å². The summed E-state index contributed by atoms with van der Waals surface area (Å²) in [5, 5.41) is 3.29. The first-order chi connectivity index (χ1) is 7.86. The fraction of sp³-hybridized carbons (Fsp3) is 0.500. The second-order valence-corrected chi connectivity index (χ2v) is 4.04. The molecule has 2 aromatic rings. The molecule has 3 rings (SSSR count). The van der Waals surface area contributed by atoms with E-state index in [4.69, 9.17) is 0 Å². The number of rotatable bonds is 1. The summed E-state index contributed by atoms with van der Waals surface area (Å²) in [5.41, 5.74) is 1.35. The highest BCUT2D eigenvalue weighted by Gasteiger charge is 2.19. The number of nitrogens with zero attached hydrogens (tertiary/aromatic N) is 3. The van der Waals surface area contributed by atoms with Crippen LogP contribution in [0.5, 0.6) is 0 Å². The van der Waals surface area contributed by atoms with E-state index in [2.05, 4.69) is 20.3 Å². The van der Waals surface area contributed by atoms with E-state index in [-0.39, 0.29) is 24.1 Å². The van der Waals surface area contributed by atoms with Crippen molar-refractivity contribution in [2.75, 3.05) is 13.1 Å². The van der Waals surface area contributed by atoms with Crippen molar-refractivity contribution in [1.82, 2.24) is 24.8 Å². The molecule has 17 heavy (non-hydrogen) atoms. The van der Waals surface area contributed by atoms with Gasteiger partial charge in [-0.05, 0) is 25.9 Å². The smallest absolute Gasteiger partial charge is 0.317 e. The summed E-state index contributed by atoms with van der Waals surface area (Å²) in [4.78, 5) is 22.6. The third kappa shape index (κ3) is 2.05. The van der Waals surface area contributed by atoms with Gasteiger partial charge in [0.2, 0.25) is 0 Å². The van der Waals surface area contributed by atoms with Crippen LogP contribution in [0.25, 0.3) is 11.2 Å². The van der Waals surface area contributed by atoms with Crippen LogP contribution in [-0.2, 0) is 0 Å². The normalized spacial score (nSPS) is 16.9. The van der Waals surface area contributed by atoms with Gasteiger partial charge in [0.25, 0.3) is 0 Å². The monoisotopic (exact) mass is 255 g/mol. The van der Waals surface area contributed by atoms with E-state index in [0.717, 1.165) is 31.4 Å². The summed E-state index contributed by atoms with van der Waals surface area (Å²) in [7, 11) is 0. The number of fused-ring (bicyclic) bond motifs is 1. The summed E-state index contributed by atoms with van der Waals surface area (Å²) >= 11 is 0. The SMILES string of the molecule is Cl.O=c1[nH]c2ncncc2n1C1CCNCC1. The van der Waals surface area contributed by atoms with Gasteiger partial charge < -0.3 is 5.32 Å². The Morgan fingerprint density at radius 2 is 2.12 bits per heavy atom. The van der Waals surface area contributed by atoms with Crippen LogP contribution in [0.3, 0.4) is 0 Å². The molecule has 0 bridgehead atoms. The standard InChI is InChI=1S/C10H13N5O.ClH/c16-10-14-9-8(5-12-6-13-9)15(10)7-1-3-11-4-2-7;/h5-7,11H,1-4H2,(H,12,13,14,16);1H. The first kappa shape index (κ1) is 12.1. The summed E-state index contributed by atoms with van der Waals surface area (Å²) in [6.07, 6.45) is 5.09. The largest absolute Gasteiger partial charge is 0.327 e. The van der Waals surface area contributed by atoms with Gasteiger partial charge in [-0.15, -0.1) is 12.4 Å². The molecule has 2 N–H and O–H groups in total. The molecular weight excluding hydrogens is 242 g/mol. The van der Waals surface area contributed by atoms with Crippen LogP contribution in [-0.4, -0.2) is 32.6 Å². The van der Waals surface area contributed by atoms with Crippen LogP contribution < -0.4 is 11.0 Å². The van der Waals surface area contributed by atoms with Gasteiger partial charge in [0.05, 0.1) is 6.20 Å². The number of halogens is 1. The zero-order chi connectivity index (χ0) is 11.0. The molecule has 0 radical (unpaired) electrons. The summed E-state index contributed by atoms with van der Waals surface area (Å²) in [5.74, 6) is 0. The van der Waals surface area contributed by atoms with Gasteiger partial charge in [-0.25, -0.2) is 14.8 Å². The maximum atomic E-state index is 11.9. The summed E-state index contributed by atoms with van der Waals surface area (Å²) in [6, 6.07) is 0.258. The maximum Gasteiger partial charge on any atom is 0.327 e. The van der Waals surface area contributed by atoms with Crippen molar-refractivity contribution in [3.05, 3.63) is 23.0 Å². The maximum absolute atomic E-state index is 11.9. The van der Waals surface area contributed by atoms with Crippen LogP contribution >= 0.6 is 12.4 Å². The van der Waals surface area contributed by atoms with Gasteiger partial charge in [0.1, 0.15) is 11.8 Å². The highest BCUT2D eigenvalue weighted by molar-refractivity contribution is 5.85. The van der Waals surface area contributed by atoms with Gasteiger partial charge >= 0.3 is 5.69 Å². The predicted octanol–water partition coefficient (Wildman–Crippen LogP) is 0.466. The molecule has 3 heterocycles. The van der Waals surface area contributed by atoms with Gasteiger partial charge in [0.15, 0.2) is 5.65 Å². The number of hydrogen-bond acceptors (Lipinski definition) is 4. The summed E-state index contributed by atoms with van der Waals surface area (Å²) < 4.78 is 1.79. The average Bonchev–Trinajstić information content (AvgIpc) is 2.66. The second-order valence-electron chi connectivity index (χ2n) is 4.04. The third-order valence-electron chi connectivity index (χ3n) is 3.07. The van der Waals surface area contributed by atoms with E-state index >= 15 is 0 Å². The van der Waals surface area contributed by atoms with Crippen LogP contribution in [0.1, 0.15) is 18.9 Å². The third-order valence-corrected chi connectivity index (χ3v) is 3.07. The van der Waals surface area contributed by atoms with Crippen LogP contribution in [0.2, 0.25) is 0 Å². The number of aromatic amines is 1. The first-order valence-electron chi connectivity index (χ1n) is 5.47. The molecule has 2 aromatic heterocycles. The van der Waals surface area contributed by atoms with Gasteiger partial charge in [-0.3, -0.25) is 9.55 Å². The zero-order valence-corrected chi connectivity index (χ0v) is 10.0. The average molecular weight is 256 g/mol. The number of piperidine rings is 1. The Morgan fingerprint density at radius 3 is 2.88 bits per heavy atom. The Balaban J connectivity index is 0.00000108. The molecule has 0 aromatic carbocycles. The predicted molar refractivity (Wildman–Crippen MR) is 66.5 cm³/mol. The number of aromatic nitrogens is 4. The topological polar surface area (TPSA) is 75.6 Å². The van der Waals surface area contributed by atoms with Crippen molar-refractivity contribution in [3.63, 3.8) is 0 Å². The highest BCUT2D eigenvalue weighted by atomic mass is 35.5. The molecule has 1 aliphatic rings. The van der Waals surface area contributed by atoms with Crippen LogP contribution in [0.15, 0.2) is 17.3 Å². The Morgan fingerprint density at radius 1 is 1.35 bits per heavy atom. The quantitative estimate of drug-likeness (QED) is 0.777. The lowest BCUT2D eigenvalue weighted by Gasteiger charge is -2.23. The van der Waals surface area contributed by atoms with Gasteiger partial charge in [0, 0.05) is 6.04 Å². The van der Waals surface area contributed by atoms with Crippen LogP contribution in [0.4, 0.5) is 0 Å². The van der Waals surface area contributed by atoms with Gasteiger partial charge in [-0.2, -0.15) is 0 Å². The molecule has 0 unspecified atom stereocenters. The molecule has 6 nitrogen and oxygen atoms in total. The molecule has 1 fully saturated rings. The molecule has 0 spiro atoms. The lowest BCUT2D eigenvalue weighted by molar-refractivity contribution is 0.368. The lowest BCUT2D eigenvalue weighted by atomic mass is 10.1. The highest BCUT2D eigenvalue weighted by Crippen LogP contribution is 2.20. The Labute approximate surface area is 104 Å². The molecule has 1 saturated heterocycles. The number of H-pyrrole nitrogens is 1. The van der Waals surface area contributed by atoms with E-state index in [1.165, 1.54) is 6.33 Å². The Kier molecular flexibility index (Phi) is 3.44. The van der Waals surface area contributed by atoms with Crippen molar-refractivity contribution >= 4 is 23.6 Å². The number of imidazole rings is 1. The van der Waals surface area contributed by atoms with E-state index in [1.807, 2.05) is 0 Å². The fourth-order valence-corrected chi connectivity index (χ4v) is 2.29. The van der Waals surface area contributed by atoms with E-state index in [9.17, 15) is 4.79 Å². The van der Waals surface area contributed by atoms with Crippen LogP contribution in [0, 0.1) is 0 Å². The minimum Gasteiger partial charge on any atom is -0.317 e. The molecular formula is C10H14ClN5O. The number of hydrogen-bond donors (Lipinski definition) is 2. The molecule has 0 saturated carbocycles. The Hall–Kier alpha value is -1.40.